The summed E-state index contributed by atoms with van der Waals surface area (Å²) in [5.74, 6) is 1.11. The number of amides is 1. The van der Waals surface area contributed by atoms with Crippen LogP contribution in [0.25, 0.3) is 10.9 Å². The van der Waals surface area contributed by atoms with Crippen molar-refractivity contribution in [3.63, 3.8) is 0 Å². The molecule has 2 aliphatic rings. The molecule has 3 aromatic rings. The normalized spacial score (nSPS) is 16.2. The lowest BCUT2D eigenvalue weighted by Gasteiger charge is -2.16. The summed E-state index contributed by atoms with van der Waals surface area (Å²) in [7, 11) is 0. The average molecular weight is 421 g/mol. The van der Waals surface area contributed by atoms with E-state index in [0.29, 0.717) is 30.3 Å². The van der Waals surface area contributed by atoms with E-state index in [-0.39, 0.29) is 24.9 Å². The van der Waals surface area contributed by atoms with E-state index in [1.807, 2.05) is 18.2 Å². The smallest absolute Gasteiger partial charge is 0.258 e. The molecule has 2 heterocycles. The third kappa shape index (κ3) is 3.85. The molecule has 7 heteroatoms. The number of fused-ring (bicyclic) bond motifs is 2. The summed E-state index contributed by atoms with van der Waals surface area (Å²) in [6, 6.07) is 9.12. The Labute approximate surface area is 180 Å². The highest BCUT2D eigenvalue weighted by Gasteiger charge is 2.27. The minimum atomic E-state index is -0.193. The van der Waals surface area contributed by atoms with Gasteiger partial charge in [-0.2, -0.15) is 5.10 Å². The molecule has 0 saturated heterocycles. The zero-order valence-electron chi connectivity index (χ0n) is 17.4. The van der Waals surface area contributed by atoms with E-state index < -0.39 is 0 Å². The Balaban J connectivity index is 1.38. The maximum absolute atomic E-state index is 13.3. The minimum Gasteiger partial charge on any atom is -0.507 e. The number of nitrogens with one attached hydrogen (secondary N) is 1. The second kappa shape index (κ2) is 8.23. The van der Waals surface area contributed by atoms with Gasteiger partial charge in [0.05, 0.1) is 23.4 Å². The fourth-order valence-electron chi connectivity index (χ4n) is 4.86. The minimum absolute atomic E-state index is 0.0310. The summed E-state index contributed by atoms with van der Waals surface area (Å²) in [6.45, 7) is 1.15. The van der Waals surface area contributed by atoms with E-state index >= 15 is 0 Å². The molecular weight excluding hydrogens is 394 g/mol. The number of H-pyrrole nitrogens is 1. The highest BCUT2D eigenvalue weighted by atomic mass is 16.5. The first-order valence-electron chi connectivity index (χ1n) is 11.0. The number of hydrogen-bond acceptors (Lipinski definition) is 5. The fourth-order valence-corrected chi connectivity index (χ4v) is 4.86. The predicted octanol–water partition coefficient (Wildman–Crippen LogP) is 3.53. The van der Waals surface area contributed by atoms with Gasteiger partial charge in [0, 0.05) is 24.5 Å². The molecule has 7 nitrogen and oxygen atoms in total. The van der Waals surface area contributed by atoms with Gasteiger partial charge >= 0.3 is 0 Å². The molecule has 0 spiro atoms. The van der Waals surface area contributed by atoms with Gasteiger partial charge in [-0.1, -0.05) is 31.7 Å². The van der Waals surface area contributed by atoms with Gasteiger partial charge in [-0.15, -0.1) is 0 Å². The Bertz CT molecular complexity index is 1120. The van der Waals surface area contributed by atoms with Crippen LogP contribution in [0.1, 0.15) is 52.9 Å². The fraction of sp³-hybridized carbons (Fsp3) is 0.417. The number of carbonyl (C=O) groups is 1. The average Bonchev–Trinajstić information content (AvgIpc) is 3.51. The number of aliphatic hydroxyl groups excluding tert-OH is 1. The highest BCUT2D eigenvalue weighted by molar-refractivity contribution is 6.01. The Hall–Kier alpha value is -3.06. The monoisotopic (exact) mass is 421 g/mol. The second-order valence-corrected chi connectivity index (χ2v) is 8.60. The van der Waals surface area contributed by atoms with Crippen molar-refractivity contribution in [3.8, 4) is 11.5 Å². The molecule has 162 valence electrons. The Morgan fingerprint density at radius 3 is 2.77 bits per heavy atom. The molecule has 2 aromatic carbocycles. The van der Waals surface area contributed by atoms with Gasteiger partial charge in [-0.25, -0.2) is 0 Å². The molecule has 0 bridgehead atoms. The van der Waals surface area contributed by atoms with Gasteiger partial charge in [0.15, 0.2) is 0 Å². The number of aromatic nitrogens is 2. The number of phenolic OH excluding ortho intramolecular Hbond substituents is 1. The van der Waals surface area contributed by atoms with Gasteiger partial charge in [0.25, 0.3) is 5.91 Å². The standard InChI is InChI=1S/C24H27N3O4/c28-7-8-31-18-6-5-16-13-27(14-17(16)10-18)24(30)20-11-19-21(9-15-3-1-2-4-15)25-26-22(19)12-23(20)29/h5-6,10-12,15,28-29H,1-4,7-9,13-14H2,(H,25,26). The van der Waals surface area contributed by atoms with Crippen molar-refractivity contribution in [2.75, 3.05) is 13.2 Å². The number of aromatic amines is 1. The molecule has 0 radical (unpaired) electrons. The molecule has 0 atom stereocenters. The molecule has 1 aliphatic heterocycles. The molecule has 1 aliphatic carbocycles. The number of aliphatic hydroxyl groups is 1. The Kier molecular flexibility index (Phi) is 5.28. The largest absolute Gasteiger partial charge is 0.507 e. The molecule has 1 amide bonds. The van der Waals surface area contributed by atoms with E-state index in [2.05, 4.69) is 10.2 Å². The lowest BCUT2D eigenvalue weighted by Crippen LogP contribution is -2.25. The number of rotatable bonds is 6. The van der Waals surface area contributed by atoms with Crippen molar-refractivity contribution in [1.82, 2.24) is 15.1 Å². The van der Waals surface area contributed by atoms with Crippen molar-refractivity contribution in [2.24, 2.45) is 5.92 Å². The van der Waals surface area contributed by atoms with Gasteiger partial charge in [-0.3, -0.25) is 9.89 Å². The van der Waals surface area contributed by atoms with Crippen molar-refractivity contribution >= 4 is 16.8 Å². The van der Waals surface area contributed by atoms with Gasteiger partial charge < -0.3 is 19.8 Å². The zero-order valence-corrected chi connectivity index (χ0v) is 17.4. The maximum Gasteiger partial charge on any atom is 0.258 e. The number of benzene rings is 2. The van der Waals surface area contributed by atoms with Crippen LogP contribution in [0, 0.1) is 5.92 Å². The topological polar surface area (TPSA) is 98.7 Å². The summed E-state index contributed by atoms with van der Waals surface area (Å²) in [4.78, 5) is 15.0. The number of phenols is 1. The van der Waals surface area contributed by atoms with E-state index in [1.54, 1.807) is 17.0 Å². The van der Waals surface area contributed by atoms with Crippen LogP contribution < -0.4 is 4.74 Å². The van der Waals surface area contributed by atoms with Crippen molar-refractivity contribution < 1.29 is 19.7 Å². The number of hydrogen-bond donors (Lipinski definition) is 3. The molecular formula is C24H27N3O4. The molecule has 5 rings (SSSR count). The lowest BCUT2D eigenvalue weighted by atomic mass is 9.99. The van der Waals surface area contributed by atoms with Gasteiger partial charge in [-0.05, 0) is 41.7 Å². The first kappa shape index (κ1) is 19.9. The molecule has 3 N–H and O–H groups in total. The van der Waals surface area contributed by atoms with E-state index in [0.717, 1.165) is 34.1 Å². The van der Waals surface area contributed by atoms with Gasteiger partial charge in [0.1, 0.15) is 18.1 Å². The van der Waals surface area contributed by atoms with Crippen molar-refractivity contribution in [3.05, 3.63) is 52.7 Å². The van der Waals surface area contributed by atoms with E-state index in [9.17, 15) is 9.90 Å². The van der Waals surface area contributed by atoms with Gasteiger partial charge in [0.2, 0.25) is 0 Å². The summed E-state index contributed by atoms with van der Waals surface area (Å²) >= 11 is 0. The SMILES string of the molecule is O=C(c1cc2c(CC3CCCC3)n[nH]c2cc1O)N1Cc2ccc(OCCO)cc2C1. The number of ether oxygens (including phenoxy) is 1. The summed E-state index contributed by atoms with van der Waals surface area (Å²) in [5.41, 5.74) is 4.14. The van der Waals surface area contributed by atoms with Crippen molar-refractivity contribution in [2.45, 2.75) is 45.2 Å². The molecule has 1 fully saturated rings. The first-order chi connectivity index (χ1) is 15.1. The first-order valence-corrected chi connectivity index (χ1v) is 11.0. The van der Waals surface area contributed by atoms with Crippen LogP contribution in [0.3, 0.4) is 0 Å². The molecule has 1 aromatic heterocycles. The van der Waals surface area contributed by atoms with E-state index in [4.69, 9.17) is 9.84 Å². The lowest BCUT2D eigenvalue weighted by molar-refractivity contribution is 0.0748. The van der Waals surface area contributed by atoms with Crippen molar-refractivity contribution in [1.29, 1.82) is 0 Å². The molecule has 0 unspecified atom stereocenters. The number of nitrogens with zero attached hydrogens (tertiary/aromatic N) is 2. The zero-order chi connectivity index (χ0) is 21.4. The van der Waals surface area contributed by atoms with Crippen LogP contribution in [-0.2, 0) is 19.5 Å². The quantitative estimate of drug-likeness (QED) is 0.566. The molecule has 1 saturated carbocycles. The van der Waals surface area contributed by atoms with Crippen LogP contribution in [0.15, 0.2) is 30.3 Å². The Morgan fingerprint density at radius 2 is 1.97 bits per heavy atom. The van der Waals surface area contributed by atoms with E-state index in [1.165, 1.54) is 25.7 Å². The summed E-state index contributed by atoms with van der Waals surface area (Å²) in [6.07, 6.45) is 5.92. The summed E-state index contributed by atoms with van der Waals surface area (Å²) < 4.78 is 5.48. The summed E-state index contributed by atoms with van der Waals surface area (Å²) in [5, 5.41) is 27.9. The number of aromatic hydroxyl groups is 1. The number of carbonyl (C=O) groups excluding carboxylic acids is 1. The van der Waals surface area contributed by atoms with Crippen LogP contribution in [0.2, 0.25) is 0 Å². The maximum atomic E-state index is 13.3. The third-order valence-electron chi connectivity index (χ3n) is 6.49. The van der Waals surface area contributed by atoms with Crippen LogP contribution in [0.4, 0.5) is 0 Å². The second-order valence-electron chi connectivity index (χ2n) is 8.60. The molecule has 31 heavy (non-hydrogen) atoms. The van der Waals surface area contributed by atoms with Crippen LogP contribution in [-0.4, -0.2) is 44.4 Å². The predicted molar refractivity (Wildman–Crippen MR) is 116 cm³/mol. The van der Waals surface area contributed by atoms with Crippen LogP contribution in [0.5, 0.6) is 11.5 Å². The Morgan fingerprint density at radius 1 is 1.16 bits per heavy atom. The third-order valence-corrected chi connectivity index (χ3v) is 6.49. The highest BCUT2D eigenvalue weighted by Crippen LogP contribution is 2.34. The van der Waals surface area contributed by atoms with Crippen LogP contribution >= 0.6 is 0 Å².